The molecule has 2 aromatic heterocycles. The second-order valence-electron chi connectivity index (χ2n) is 5.74. The first-order valence-electron chi connectivity index (χ1n) is 8.06. The predicted octanol–water partition coefficient (Wildman–Crippen LogP) is 3.89. The first-order chi connectivity index (χ1) is 12.1. The van der Waals surface area contributed by atoms with Gasteiger partial charge < -0.3 is 10.1 Å². The maximum absolute atomic E-state index is 12.5. The number of aromatic nitrogens is 3. The van der Waals surface area contributed by atoms with Crippen molar-refractivity contribution in [2.24, 2.45) is 7.05 Å². The van der Waals surface area contributed by atoms with Gasteiger partial charge in [-0.05, 0) is 31.0 Å². The molecule has 0 bridgehead atoms. The number of carbonyl (C=O) groups excluding carboxylic acids is 1. The van der Waals surface area contributed by atoms with Crippen molar-refractivity contribution in [2.75, 3.05) is 11.9 Å². The van der Waals surface area contributed by atoms with Crippen molar-refractivity contribution in [3.8, 4) is 16.3 Å². The summed E-state index contributed by atoms with van der Waals surface area (Å²) in [5, 5.41) is 9.54. The number of hydrogen-bond acceptors (Lipinski definition) is 5. The van der Waals surface area contributed by atoms with Gasteiger partial charge in [0.05, 0.1) is 18.5 Å². The Morgan fingerprint density at radius 3 is 2.96 bits per heavy atom. The Balaban J connectivity index is 1.77. The van der Waals surface area contributed by atoms with Gasteiger partial charge in [0, 0.05) is 24.2 Å². The van der Waals surface area contributed by atoms with Crippen LogP contribution < -0.4 is 10.1 Å². The lowest BCUT2D eigenvalue weighted by Crippen LogP contribution is -2.13. The zero-order valence-electron chi connectivity index (χ0n) is 14.4. The molecule has 1 amide bonds. The van der Waals surface area contributed by atoms with Crippen LogP contribution in [0.2, 0.25) is 0 Å². The van der Waals surface area contributed by atoms with Crippen molar-refractivity contribution >= 4 is 22.9 Å². The van der Waals surface area contributed by atoms with E-state index in [9.17, 15) is 4.79 Å². The third-order valence-corrected chi connectivity index (χ3v) is 4.43. The summed E-state index contributed by atoms with van der Waals surface area (Å²) in [4.78, 5) is 16.9. The van der Waals surface area contributed by atoms with E-state index in [2.05, 4.69) is 15.4 Å². The Labute approximate surface area is 150 Å². The Morgan fingerprint density at radius 1 is 1.40 bits per heavy atom. The molecular formula is C18H20N4O2S. The van der Waals surface area contributed by atoms with Gasteiger partial charge in [0.2, 0.25) is 0 Å². The van der Waals surface area contributed by atoms with Gasteiger partial charge in [-0.3, -0.25) is 9.48 Å². The van der Waals surface area contributed by atoms with E-state index in [1.807, 2.05) is 45.3 Å². The number of nitrogens with one attached hydrogen (secondary N) is 1. The average molecular weight is 356 g/mol. The molecule has 3 rings (SSSR count). The van der Waals surface area contributed by atoms with Crippen LogP contribution in [0.3, 0.4) is 0 Å². The normalized spacial score (nSPS) is 10.7. The van der Waals surface area contributed by atoms with Gasteiger partial charge in [-0.25, -0.2) is 4.98 Å². The van der Waals surface area contributed by atoms with Gasteiger partial charge in [-0.15, -0.1) is 11.3 Å². The Hall–Kier alpha value is -2.67. The highest BCUT2D eigenvalue weighted by atomic mass is 32.1. The molecule has 130 valence electrons. The summed E-state index contributed by atoms with van der Waals surface area (Å²) in [7, 11) is 1.85. The standard InChI is InChI=1S/C18H20N4O2S/c1-4-7-24-16-8-12(2)5-6-14(16)20-17(23)15-11-25-18(21-15)13-9-19-22(3)10-13/h5-6,8-11H,4,7H2,1-3H3,(H,20,23). The van der Waals surface area contributed by atoms with Crippen molar-refractivity contribution in [3.05, 3.63) is 47.2 Å². The molecular weight excluding hydrogens is 336 g/mol. The van der Waals surface area contributed by atoms with Crippen LogP contribution in [0, 0.1) is 6.92 Å². The number of thiazole rings is 1. The molecule has 7 heteroatoms. The van der Waals surface area contributed by atoms with Gasteiger partial charge in [-0.1, -0.05) is 13.0 Å². The maximum Gasteiger partial charge on any atom is 0.275 e. The summed E-state index contributed by atoms with van der Waals surface area (Å²) >= 11 is 1.42. The number of benzene rings is 1. The third-order valence-electron chi connectivity index (χ3n) is 3.54. The zero-order valence-corrected chi connectivity index (χ0v) is 15.3. The lowest BCUT2D eigenvalue weighted by atomic mass is 10.2. The molecule has 1 aromatic carbocycles. The molecule has 0 radical (unpaired) electrons. The summed E-state index contributed by atoms with van der Waals surface area (Å²) in [5.41, 5.74) is 3.01. The molecule has 0 saturated carbocycles. The minimum Gasteiger partial charge on any atom is -0.491 e. The zero-order chi connectivity index (χ0) is 17.8. The van der Waals surface area contributed by atoms with E-state index in [1.165, 1.54) is 11.3 Å². The van der Waals surface area contributed by atoms with E-state index >= 15 is 0 Å². The van der Waals surface area contributed by atoms with Gasteiger partial charge in [-0.2, -0.15) is 5.10 Å². The van der Waals surface area contributed by atoms with Crippen LogP contribution in [0.25, 0.3) is 10.6 Å². The number of ether oxygens (including phenoxy) is 1. The monoisotopic (exact) mass is 356 g/mol. The van der Waals surface area contributed by atoms with Crippen LogP contribution in [0.1, 0.15) is 29.4 Å². The molecule has 3 aromatic rings. The molecule has 0 atom stereocenters. The summed E-state index contributed by atoms with van der Waals surface area (Å²) < 4.78 is 7.45. The highest BCUT2D eigenvalue weighted by Crippen LogP contribution is 2.28. The molecule has 0 fully saturated rings. The SMILES string of the molecule is CCCOc1cc(C)ccc1NC(=O)c1csc(-c2cnn(C)c2)n1. The van der Waals surface area contributed by atoms with E-state index in [-0.39, 0.29) is 5.91 Å². The number of nitrogens with zero attached hydrogens (tertiary/aromatic N) is 3. The Kier molecular flexibility index (Phi) is 5.14. The van der Waals surface area contributed by atoms with Crippen LogP contribution in [0.15, 0.2) is 36.0 Å². The number of hydrogen-bond donors (Lipinski definition) is 1. The second-order valence-corrected chi connectivity index (χ2v) is 6.60. The van der Waals surface area contributed by atoms with Crippen LogP contribution in [-0.4, -0.2) is 27.3 Å². The fourth-order valence-electron chi connectivity index (χ4n) is 2.29. The van der Waals surface area contributed by atoms with Gasteiger partial charge in [0.15, 0.2) is 0 Å². The molecule has 0 aliphatic carbocycles. The molecule has 1 N–H and O–H groups in total. The van der Waals surface area contributed by atoms with Crippen LogP contribution in [-0.2, 0) is 7.05 Å². The summed E-state index contributed by atoms with van der Waals surface area (Å²) in [6.45, 7) is 4.64. The van der Waals surface area contributed by atoms with E-state index in [0.717, 1.165) is 22.6 Å². The minimum absolute atomic E-state index is 0.253. The first-order valence-corrected chi connectivity index (χ1v) is 8.94. The molecule has 2 heterocycles. The molecule has 0 saturated heterocycles. The maximum atomic E-state index is 12.5. The average Bonchev–Trinajstić information content (AvgIpc) is 3.23. The quantitative estimate of drug-likeness (QED) is 0.727. The Bertz CT molecular complexity index is 885. The van der Waals surface area contributed by atoms with Crippen molar-refractivity contribution in [1.29, 1.82) is 0 Å². The molecule has 0 unspecified atom stereocenters. The van der Waals surface area contributed by atoms with Crippen LogP contribution >= 0.6 is 11.3 Å². The molecule has 6 nitrogen and oxygen atoms in total. The topological polar surface area (TPSA) is 69.0 Å². The lowest BCUT2D eigenvalue weighted by molar-refractivity contribution is 0.102. The van der Waals surface area contributed by atoms with Crippen molar-refractivity contribution < 1.29 is 9.53 Å². The van der Waals surface area contributed by atoms with Crippen molar-refractivity contribution in [2.45, 2.75) is 20.3 Å². The summed E-state index contributed by atoms with van der Waals surface area (Å²) in [6, 6.07) is 5.72. The molecule has 0 aliphatic rings. The van der Waals surface area contributed by atoms with Crippen molar-refractivity contribution in [3.63, 3.8) is 0 Å². The fraction of sp³-hybridized carbons (Fsp3) is 0.278. The van der Waals surface area contributed by atoms with Crippen molar-refractivity contribution in [1.82, 2.24) is 14.8 Å². The lowest BCUT2D eigenvalue weighted by Gasteiger charge is -2.12. The van der Waals surface area contributed by atoms with E-state index < -0.39 is 0 Å². The third kappa shape index (κ3) is 4.06. The molecule has 25 heavy (non-hydrogen) atoms. The predicted molar refractivity (Wildman–Crippen MR) is 99.2 cm³/mol. The largest absolute Gasteiger partial charge is 0.491 e. The van der Waals surface area contributed by atoms with Gasteiger partial charge in [0.25, 0.3) is 5.91 Å². The van der Waals surface area contributed by atoms with Gasteiger partial charge >= 0.3 is 0 Å². The minimum atomic E-state index is -0.253. The fourth-order valence-corrected chi connectivity index (χ4v) is 3.07. The highest BCUT2D eigenvalue weighted by molar-refractivity contribution is 7.13. The van der Waals surface area contributed by atoms with E-state index in [1.54, 1.807) is 16.3 Å². The van der Waals surface area contributed by atoms with E-state index in [0.29, 0.717) is 23.7 Å². The Morgan fingerprint density at radius 2 is 2.24 bits per heavy atom. The van der Waals surface area contributed by atoms with Crippen LogP contribution in [0.5, 0.6) is 5.75 Å². The number of carbonyl (C=O) groups is 1. The first kappa shape index (κ1) is 17.2. The number of aryl methyl sites for hydroxylation is 2. The van der Waals surface area contributed by atoms with Crippen LogP contribution in [0.4, 0.5) is 5.69 Å². The second kappa shape index (κ2) is 7.48. The smallest absolute Gasteiger partial charge is 0.275 e. The highest BCUT2D eigenvalue weighted by Gasteiger charge is 2.15. The number of anilines is 1. The number of amides is 1. The summed E-state index contributed by atoms with van der Waals surface area (Å²) in [5.74, 6) is 0.425. The number of rotatable bonds is 6. The molecule has 0 spiro atoms. The summed E-state index contributed by atoms with van der Waals surface area (Å²) in [6.07, 6.45) is 4.51. The van der Waals surface area contributed by atoms with Gasteiger partial charge in [0.1, 0.15) is 16.5 Å². The molecule has 0 aliphatic heterocycles. The van der Waals surface area contributed by atoms with E-state index in [4.69, 9.17) is 4.74 Å².